The van der Waals surface area contributed by atoms with Crippen molar-refractivity contribution in [2.45, 2.75) is 30.4 Å². The maximum absolute atomic E-state index is 11.6. The molecular weight excluding hydrogens is 280 g/mol. The number of hydrogen-bond acceptors (Lipinski definition) is 3. The van der Waals surface area contributed by atoms with Crippen molar-refractivity contribution in [1.29, 1.82) is 0 Å². The topological polar surface area (TPSA) is 45.8 Å². The molecule has 0 unspecified atom stereocenters. The minimum atomic E-state index is -0.0969. The molecule has 0 radical (unpaired) electrons. The number of thioether (sulfide) groups is 1. The second kappa shape index (κ2) is 6.26. The normalized spacial score (nSPS) is 10.9. The van der Waals surface area contributed by atoms with Crippen molar-refractivity contribution >= 4 is 23.4 Å². The predicted octanol–water partition coefficient (Wildman–Crippen LogP) is 3.84. The van der Waals surface area contributed by atoms with Crippen LogP contribution in [0.25, 0.3) is 0 Å². The summed E-state index contributed by atoms with van der Waals surface area (Å²) in [4.78, 5) is 19.8. The molecule has 0 aliphatic carbocycles. The molecule has 2 aromatic rings. The van der Waals surface area contributed by atoms with Crippen LogP contribution in [0.5, 0.6) is 0 Å². The number of nitrogens with zero attached hydrogens (tertiary/aromatic N) is 1. The fourth-order valence-corrected chi connectivity index (χ4v) is 2.68. The number of nitrogens with one attached hydrogen (secondary N) is 1. The van der Waals surface area contributed by atoms with E-state index in [1.165, 1.54) is 0 Å². The minimum absolute atomic E-state index is 0.0969. The number of rotatable bonds is 4. The number of halogens is 1. The van der Waals surface area contributed by atoms with Crippen molar-refractivity contribution in [3.8, 4) is 0 Å². The SMILES string of the molecule is CC(C)c1cc(=O)[nH]c(CSc2cccc(Cl)c2)n1. The van der Waals surface area contributed by atoms with Gasteiger partial charge in [0.15, 0.2) is 0 Å². The van der Waals surface area contributed by atoms with Gasteiger partial charge in [-0.3, -0.25) is 4.79 Å². The zero-order chi connectivity index (χ0) is 13.8. The summed E-state index contributed by atoms with van der Waals surface area (Å²) >= 11 is 7.53. The van der Waals surface area contributed by atoms with Crippen LogP contribution in [0.2, 0.25) is 5.02 Å². The summed E-state index contributed by atoms with van der Waals surface area (Å²) in [7, 11) is 0. The highest BCUT2D eigenvalue weighted by molar-refractivity contribution is 7.98. The van der Waals surface area contributed by atoms with E-state index in [0.29, 0.717) is 16.6 Å². The van der Waals surface area contributed by atoms with Gasteiger partial charge in [0.2, 0.25) is 0 Å². The molecule has 0 aliphatic rings. The van der Waals surface area contributed by atoms with E-state index in [0.717, 1.165) is 10.6 Å². The summed E-state index contributed by atoms with van der Waals surface area (Å²) in [6.07, 6.45) is 0. The fraction of sp³-hybridized carbons (Fsp3) is 0.286. The van der Waals surface area contributed by atoms with E-state index < -0.39 is 0 Å². The molecule has 1 N–H and O–H groups in total. The van der Waals surface area contributed by atoms with E-state index >= 15 is 0 Å². The molecule has 2 rings (SSSR count). The molecule has 100 valence electrons. The lowest BCUT2D eigenvalue weighted by atomic mass is 10.1. The number of aromatic amines is 1. The Labute approximate surface area is 121 Å². The number of benzene rings is 1. The standard InChI is InChI=1S/C14H15ClN2OS/c1-9(2)12-7-14(18)17-13(16-12)8-19-11-5-3-4-10(15)6-11/h3-7,9H,8H2,1-2H3,(H,16,17,18). The van der Waals surface area contributed by atoms with Crippen LogP contribution in [0, 0.1) is 0 Å². The van der Waals surface area contributed by atoms with Gasteiger partial charge in [0.25, 0.3) is 5.56 Å². The second-order valence-corrected chi connectivity index (χ2v) is 6.00. The zero-order valence-corrected chi connectivity index (χ0v) is 12.4. The molecule has 0 fully saturated rings. The van der Waals surface area contributed by atoms with Crippen LogP contribution < -0.4 is 5.56 Å². The quantitative estimate of drug-likeness (QED) is 0.872. The molecule has 0 atom stereocenters. The van der Waals surface area contributed by atoms with E-state index in [2.05, 4.69) is 9.97 Å². The van der Waals surface area contributed by atoms with Gasteiger partial charge >= 0.3 is 0 Å². The van der Waals surface area contributed by atoms with Gasteiger partial charge in [0.05, 0.1) is 11.4 Å². The number of hydrogen-bond donors (Lipinski definition) is 1. The summed E-state index contributed by atoms with van der Waals surface area (Å²) in [5.41, 5.74) is 0.728. The molecule has 5 heteroatoms. The monoisotopic (exact) mass is 294 g/mol. The summed E-state index contributed by atoms with van der Waals surface area (Å²) in [6, 6.07) is 9.19. The van der Waals surface area contributed by atoms with Gasteiger partial charge in [-0.25, -0.2) is 4.98 Å². The van der Waals surface area contributed by atoms with Crippen molar-refractivity contribution < 1.29 is 0 Å². The maximum Gasteiger partial charge on any atom is 0.251 e. The average molecular weight is 295 g/mol. The van der Waals surface area contributed by atoms with Crippen LogP contribution in [0.3, 0.4) is 0 Å². The average Bonchev–Trinajstić information content (AvgIpc) is 2.36. The van der Waals surface area contributed by atoms with Crippen LogP contribution in [0.1, 0.15) is 31.3 Å². The Hall–Kier alpha value is -1.26. The van der Waals surface area contributed by atoms with Crippen LogP contribution >= 0.6 is 23.4 Å². The van der Waals surface area contributed by atoms with Gasteiger partial charge in [0, 0.05) is 16.0 Å². The van der Waals surface area contributed by atoms with Crippen LogP contribution in [0.4, 0.5) is 0 Å². The highest BCUT2D eigenvalue weighted by atomic mass is 35.5. The highest BCUT2D eigenvalue weighted by Crippen LogP contribution is 2.24. The van der Waals surface area contributed by atoms with E-state index in [1.54, 1.807) is 17.8 Å². The minimum Gasteiger partial charge on any atom is -0.310 e. The molecule has 1 aromatic heterocycles. The van der Waals surface area contributed by atoms with E-state index in [9.17, 15) is 4.79 Å². The largest absolute Gasteiger partial charge is 0.310 e. The molecular formula is C14H15ClN2OS. The van der Waals surface area contributed by atoms with E-state index in [1.807, 2.05) is 38.1 Å². The Morgan fingerprint density at radius 2 is 2.16 bits per heavy atom. The van der Waals surface area contributed by atoms with Gasteiger partial charge in [-0.15, -0.1) is 11.8 Å². The van der Waals surface area contributed by atoms with E-state index in [-0.39, 0.29) is 11.5 Å². The smallest absolute Gasteiger partial charge is 0.251 e. The lowest BCUT2D eigenvalue weighted by Crippen LogP contribution is -2.12. The van der Waals surface area contributed by atoms with Crippen molar-refractivity contribution in [2.75, 3.05) is 0 Å². The molecule has 3 nitrogen and oxygen atoms in total. The summed E-state index contributed by atoms with van der Waals surface area (Å²) in [5.74, 6) is 1.56. The molecule has 19 heavy (non-hydrogen) atoms. The van der Waals surface area contributed by atoms with Gasteiger partial charge in [-0.2, -0.15) is 0 Å². The molecule has 1 heterocycles. The third-order valence-corrected chi connectivity index (χ3v) is 3.81. The summed E-state index contributed by atoms with van der Waals surface area (Å²) < 4.78 is 0. The Balaban J connectivity index is 2.13. The first-order chi connectivity index (χ1) is 9.04. The van der Waals surface area contributed by atoms with Crippen LogP contribution in [0.15, 0.2) is 40.0 Å². The van der Waals surface area contributed by atoms with Gasteiger partial charge in [0.1, 0.15) is 5.82 Å². The fourth-order valence-electron chi connectivity index (χ4n) is 1.60. The highest BCUT2D eigenvalue weighted by Gasteiger charge is 2.06. The molecule has 1 aromatic carbocycles. The molecule has 0 bridgehead atoms. The third kappa shape index (κ3) is 4.11. The molecule has 0 aliphatic heterocycles. The molecule has 0 spiro atoms. The number of H-pyrrole nitrogens is 1. The number of aromatic nitrogens is 2. The Kier molecular flexibility index (Phi) is 4.66. The Morgan fingerprint density at radius 3 is 2.84 bits per heavy atom. The first-order valence-electron chi connectivity index (χ1n) is 6.03. The first-order valence-corrected chi connectivity index (χ1v) is 7.39. The van der Waals surface area contributed by atoms with E-state index in [4.69, 9.17) is 11.6 Å². The first kappa shape index (κ1) is 14.2. The summed E-state index contributed by atoms with van der Waals surface area (Å²) in [6.45, 7) is 4.05. The Morgan fingerprint density at radius 1 is 1.37 bits per heavy atom. The lowest BCUT2D eigenvalue weighted by Gasteiger charge is -2.06. The van der Waals surface area contributed by atoms with Crippen molar-refractivity contribution in [1.82, 2.24) is 9.97 Å². The second-order valence-electron chi connectivity index (χ2n) is 4.52. The maximum atomic E-state index is 11.6. The lowest BCUT2D eigenvalue weighted by molar-refractivity contribution is 0.793. The summed E-state index contributed by atoms with van der Waals surface area (Å²) in [5, 5.41) is 0.711. The zero-order valence-electron chi connectivity index (χ0n) is 10.8. The van der Waals surface area contributed by atoms with Gasteiger partial charge < -0.3 is 4.98 Å². The van der Waals surface area contributed by atoms with Gasteiger partial charge in [-0.1, -0.05) is 31.5 Å². The molecule has 0 amide bonds. The molecule has 0 saturated heterocycles. The van der Waals surface area contributed by atoms with Crippen molar-refractivity contribution in [2.24, 2.45) is 0 Å². The Bertz CT molecular complexity index is 625. The predicted molar refractivity (Wildman–Crippen MR) is 80.0 cm³/mol. The van der Waals surface area contributed by atoms with Crippen LogP contribution in [-0.4, -0.2) is 9.97 Å². The van der Waals surface area contributed by atoms with Crippen molar-refractivity contribution in [3.63, 3.8) is 0 Å². The third-order valence-electron chi connectivity index (χ3n) is 2.57. The van der Waals surface area contributed by atoms with Gasteiger partial charge in [-0.05, 0) is 24.1 Å². The van der Waals surface area contributed by atoms with Crippen LogP contribution in [-0.2, 0) is 5.75 Å². The van der Waals surface area contributed by atoms with Crippen molar-refractivity contribution in [3.05, 3.63) is 57.2 Å². The molecule has 0 saturated carbocycles.